The first-order chi connectivity index (χ1) is 13.0. The van der Waals surface area contributed by atoms with Crippen LogP contribution in [0.3, 0.4) is 0 Å². The monoisotopic (exact) mass is 356 g/mol. The zero-order valence-electron chi connectivity index (χ0n) is 16.3. The van der Waals surface area contributed by atoms with Crippen LogP contribution < -0.4 is 0 Å². The molecule has 2 heteroatoms. The maximum Gasteiger partial charge on any atom is 0.139 e. The largest absolute Gasteiger partial charge is 0.456 e. The molecule has 2 heterocycles. The average Bonchev–Trinajstić information content (AvgIpc) is 3.22. The topological polar surface area (TPSA) is 26.3 Å². The highest BCUT2D eigenvalue weighted by Gasteiger charge is 2.23. The van der Waals surface area contributed by atoms with Crippen LogP contribution in [0.4, 0.5) is 0 Å². The molecule has 0 spiro atoms. The molecule has 2 nitrogen and oxygen atoms in total. The van der Waals surface area contributed by atoms with Crippen molar-refractivity contribution in [3.05, 3.63) is 59.7 Å². The van der Waals surface area contributed by atoms with E-state index in [0.717, 1.165) is 45.9 Å². The van der Waals surface area contributed by atoms with E-state index in [1.54, 1.807) is 0 Å². The zero-order valence-corrected chi connectivity index (χ0v) is 16.3. The summed E-state index contributed by atoms with van der Waals surface area (Å²) in [6.07, 6.45) is 2.25. The van der Waals surface area contributed by atoms with Crippen LogP contribution in [0.1, 0.15) is 44.7 Å². The molecule has 0 N–H and O–H groups in total. The first-order valence-corrected chi connectivity index (χ1v) is 9.82. The van der Waals surface area contributed by atoms with E-state index in [2.05, 4.69) is 70.2 Å². The van der Waals surface area contributed by atoms with E-state index in [0.29, 0.717) is 0 Å². The summed E-state index contributed by atoms with van der Waals surface area (Å²) in [6.45, 7) is 9.00. The van der Waals surface area contributed by atoms with E-state index in [-0.39, 0.29) is 5.41 Å². The maximum atomic E-state index is 6.16. The Labute approximate surface area is 158 Å². The van der Waals surface area contributed by atoms with Crippen molar-refractivity contribution in [2.75, 3.05) is 0 Å². The number of benzene rings is 3. The Hall–Kier alpha value is -2.74. The molecule has 3 aromatic carbocycles. The zero-order chi connectivity index (χ0) is 18.8. The van der Waals surface area contributed by atoms with Crippen LogP contribution in [0.15, 0.2) is 57.4 Å². The smallest absolute Gasteiger partial charge is 0.139 e. The minimum atomic E-state index is 0.196. The SMILES string of the molecule is CCC(C)(CC)c1ccc2oc3cc4oc5ccc(C)cc5c4cc3c2c1. The molecule has 2 aromatic heterocycles. The van der Waals surface area contributed by atoms with Gasteiger partial charge in [0.25, 0.3) is 0 Å². The van der Waals surface area contributed by atoms with Gasteiger partial charge in [-0.1, -0.05) is 38.5 Å². The lowest BCUT2D eigenvalue weighted by Gasteiger charge is -2.27. The minimum absolute atomic E-state index is 0.196. The van der Waals surface area contributed by atoms with Crippen LogP contribution in [-0.4, -0.2) is 0 Å². The van der Waals surface area contributed by atoms with Crippen LogP contribution >= 0.6 is 0 Å². The van der Waals surface area contributed by atoms with E-state index >= 15 is 0 Å². The summed E-state index contributed by atoms with van der Waals surface area (Å²) in [5.74, 6) is 0. The lowest BCUT2D eigenvalue weighted by Crippen LogP contribution is -2.19. The van der Waals surface area contributed by atoms with Gasteiger partial charge in [-0.15, -0.1) is 0 Å². The summed E-state index contributed by atoms with van der Waals surface area (Å²) in [4.78, 5) is 0. The molecule has 0 aliphatic rings. The van der Waals surface area contributed by atoms with Crippen LogP contribution in [0.2, 0.25) is 0 Å². The first kappa shape index (κ1) is 16.4. The lowest BCUT2D eigenvalue weighted by atomic mass is 9.77. The second-order valence-corrected chi connectivity index (χ2v) is 8.03. The lowest BCUT2D eigenvalue weighted by molar-refractivity contribution is 0.439. The number of rotatable bonds is 3. The van der Waals surface area contributed by atoms with Gasteiger partial charge in [-0.2, -0.15) is 0 Å². The Bertz CT molecular complexity index is 1310. The number of aryl methyl sites for hydroxylation is 1. The fourth-order valence-electron chi connectivity index (χ4n) is 4.19. The molecule has 136 valence electrons. The molecule has 5 rings (SSSR count). The molecule has 0 saturated carbocycles. The Balaban J connectivity index is 1.84. The van der Waals surface area contributed by atoms with Gasteiger partial charge in [0.05, 0.1) is 0 Å². The van der Waals surface area contributed by atoms with Gasteiger partial charge in [0, 0.05) is 27.6 Å². The van der Waals surface area contributed by atoms with Crippen molar-refractivity contribution in [2.45, 2.75) is 46.0 Å². The van der Waals surface area contributed by atoms with Gasteiger partial charge in [-0.25, -0.2) is 0 Å². The third-order valence-electron chi connectivity index (χ3n) is 6.47. The van der Waals surface area contributed by atoms with Gasteiger partial charge >= 0.3 is 0 Å². The van der Waals surface area contributed by atoms with Gasteiger partial charge in [0.2, 0.25) is 0 Å². The number of hydrogen-bond acceptors (Lipinski definition) is 2. The second-order valence-electron chi connectivity index (χ2n) is 8.03. The number of furan rings is 2. The Morgan fingerprint density at radius 2 is 1.22 bits per heavy atom. The van der Waals surface area contributed by atoms with Crippen molar-refractivity contribution in [3.63, 3.8) is 0 Å². The summed E-state index contributed by atoms with van der Waals surface area (Å²) in [5, 5.41) is 4.69. The van der Waals surface area contributed by atoms with Crippen molar-refractivity contribution >= 4 is 43.9 Å². The van der Waals surface area contributed by atoms with Gasteiger partial charge in [0.1, 0.15) is 22.3 Å². The number of fused-ring (bicyclic) bond motifs is 6. The summed E-state index contributed by atoms with van der Waals surface area (Å²) in [5.41, 5.74) is 6.46. The van der Waals surface area contributed by atoms with Crippen LogP contribution in [0.5, 0.6) is 0 Å². The predicted octanol–water partition coefficient (Wildman–Crippen LogP) is 7.87. The fraction of sp³-hybridized carbons (Fsp3) is 0.280. The predicted molar refractivity (Wildman–Crippen MR) is 114 cm³/mol. The van der Waals surface area contributed by atoms with E-state index in [9.17, 15) is 0 Å². The molecular weight excluding hydrogens is 332 g/mol. The first-order valence-electron chi connectivity index (χ1n) is 9.82. The van der Waals surface area contributed by atoms with Crippen molar-refractivity contribution < 1.29 is 8.83 Å². The normalized spacial score (nSPS) is 12.7. The fourth-order valence-corrected chi connectivity index (χ4v) is 4.19. The van der Waals surface area contributed by atoms with Crippen molar-refractivity contribution in [1.29, 1.82) is 0 Å². The van der Waals surface area contributed by atoms with Gasteiger partial charge in [-0.05, 0) is 61.1 Å². The Morgan fingerprint density at radius 3 is 1.85 bits per heavy atom. The van der Waals surface area contributed by atoms with Crippen LogP contribution in [0.25, 0.3) is 43.9 Å². The molecule has 0 unspecified atom stereocenters. The van der Waals surface area contributed by atoms with E-state index in [4.69, 9.17) is 8.83 Å². The molecule has 5 aromatic rings. The Kier molecular flexibility index (Phi) is 3.42. The molecule has 0 aliphatic heterocycles. The summed E-state index contributed by atoms with van der Waals surface area (Å²) in [7, 11) is 0. The Morgan fingerprint density at radius 1 is 0.667 bits per heavy atom. The van der Waals surface area contributed by atoms with Crippen molar-refractivity contribution in [1.82, 2.24) is 0 Å². The second kappa shape index (κ2) is 5.63. The van der Waals surface area contributed by atoms with Crippen LogP contribution in [0, 0.1) is 6.92 Å². The van der Waals surface area contributed by atoms with E-state index in [1.807, 2.05) is 6.07 Å². The molecular formula is C25H24O2. The maximum absolute atomic E-state index is 6.16. The molecule has 0 fully saturated rings. The van der Waals surface area contributed by atoms with Gasteiger partial charge < -0.3 is 8.83 Å². The summed E-state index contributed by atoms with van der Waals surface area (Å²) >= 11 is 0. The minimum Gasteiger partial charge on any atom is -0.456 e. The third kappa shape index (κ3) is 2.32. The molecule has 0 saturated heterocycles. The quantitative estimate of drug-likeness (QED) is 0.329. The highest BCUT2D eigenvalue weighted by atomic mass is 16.3. The molecule has 0 radical (unpaired) electrons. The van der Waals surface area contributed by atoms with Crippen molar-refractivity contribution in [2.24, 2.45) is 0 Å². The molecule has 0 bridgehead atoms. The molecule has 0 amide bonds. The highest BCUT2D eigenvalue weighted by molar-refractivity contribution is 6.15. The van der Waals surface area contributed by atoms with Gasteiger partial charge in [-0.3, -0.25) is 0 Å². The average molecular weight is 356 g/mol. The standard InChI is InChI=1S/C25H24O2/c1-5-25(4,6-2)16-8-10-22-18(12-16)20-13-19-17-11-15(3)7-9-21(17)26-23(19)14-24(20)27-22/h7-14H,5-6H2,1-4H3. The van der Waals surface area contributed by atoms with Crippen LogP contribution in [-0.2, 0) is 5.41 Å². The highest BCUT2D eigenvalue weighted by Crippen LogP contribution is 2.39. The molecule has 0 atom stereocenters. The van der Waals surface area contributed by atoms with E-state index < -0.39 is 0 Å². The summed E-state index contributed by atoms with van der Waals surface area (Å²) < 4.78 is 12.2. The number of hydrogen-bond donors (Lipinski definition) is 0. The molecule has 27 heavy (non-hydrogen) atoms. The summed E-state index contributed by atoms with van der Waals surface area (Å²) in [6, 6.07) is 17.3. The molecule has 0 aliphatic carbocycles. The van der Waals surface area contributed by atoms with Gasteiger partial charge in [0.15, 0.2) is 0 Å². The van der Waals surface area contributed by atoms with Crippen molar-refractivity contribution in [3.8, 4) is 0 Å². The van der Waals surface area contributed by atoms with E-state index in [1.165, 1.54) is 21.9 Å². The third-order valence-corrected chi connectivity index (χ3v) is 6.47.